The summed E-state index contributed by atoms with van der Waals surface area (Å²) in [5, 5.41) is 22.1. The SMILES string of the molecule is CCCNCCc1nnc(-c2cc(C)cc([N+](=O)[O-])c2)o1. The van der Waals surface area contributed by atoms with Crippen LogP contribution >= 0.6 is 0 Å². The molecule has 2 rings (SSSR count). The monoisotopic (exact) mass is 290 g/mol. The lowest BCUT2D eigenvalue weighted by Crippen LogP contribution is -2.17. The minimum Gasteiger partial charge on any atom is -0.421 e. The van der Waals surface area contributed by atoms with Crippen molar-refractivity contribution in [3.63, 3.8) is 0 Å². The molecule has 1 N–H and O–H groups in total. The van der Waals surface area contributed by atoms with Crippen LogP contribution in [-0.2, 0) is 6.42 Å². The number of benzene rings is 1. The van der Waals surface area contributed by atoms with E-state index in [1.807, 2.05) is 0 Å². The summed E-state index contributed by atoms with van der Waals surface area (Å²) >= 11 is 0. The van der Waals surface area contributed by atoms with E-state index in [0.717, 1.165) is 25.1 Å². The maximum atomic E-state index is 10.9. The summed E-state index contributed by atoms with van der Waals surface area (Å²) in [6.45, 7) is 5.61. The molecular formula is C14H18N4O3. The average molecular weight is 290 g/mol. The minimum atomic E-state index is -0.428. The third kappa shape index (κ3) is 4.09. The summed E-state index contributed by atoms with van der Waals surface area (Å²) in [5.41, 5.74) is 1.37. The first-order valence-electron chi connectivity index (χ1n) is 6.89. The predicted molar refractivity (Wildman–Crippen MR) is 78.0 cm³/mol. The fourth-order valence-corrected chi connectivity index (χ4v) is 1.96. The Morgan fingerprint density at radius 2 is 2.10 bits per heavy atom. The lowest BCUT2D eigenvalue weighted by Gasteiger charge is -1.99. The molecule has 0 aliphatic carbocycles. The molecular weight excluding hydrogens is 272 g/mol. The van der Waals surface area contributed by atoms with E-state index >= 15 is 0 Å². The molecule has 0 bridgehead atoms. The van der Waals surface area contributed by atoms with Crippen molar-refractivity contribution < 1.29 is 9.34 Å². The van der Waals surface area contributed by atoms with Crippen molar-refractivity contribution in [3.8, 4) is 11.5 Å². The first-order valence-corrected chi connectivity index (χ1v) is 6.89. The van der Waals surface area contributed by atoms with Crippen LogP contribution in [-0.4, -0.2) is 28.2 Å². The van der Waals surface area contributed by atoms with Crippen molar-refractivity contribution in [1.29, 1.82) is 0 Å². The fraction of sp³-hybridized carbons (Fsp3) is 0.429. The lowest BCUT2D eigenvalue weighted by atomic mass is 10.1. The molecule has 1 aromatic carbocycles. The molecule has 0 aliphatic heterocycles. The zero-order valence-corrected chi connectivity index (χ0v) is 12.1. The van der Waals surface area contributed by atoms with Gasteiger partial charge in [-0.3, -0.25) is 10.1 Å². The van der Waals surface area contributed by atoms with Crippen LogP contribution in [0.5, 0.6) is 0 Å². The highest BCUT2D eigenvalue weighted by Crippen LogP contribution is 2.24. The van der Waals surface area contributed by atoms with Crippen molar-refractivity contribution in [2.45, 2.75) is 26.7 Å². The highest BCUT2D eigenvalue weighted by Gasteiger charge is 2.14. The van der Waals surface area contributed by atoms with Gasteiger partial charge in [0.15, 0.2) is 0 Å². The summed E-state index contributed by atoms with van der Waals surface area (Å²) in [4.78, 5) is 10.4. The molecule has 0 saturated heterocycles. The van der Waals surface area contributed by atoms with E-state index in [1.165, 1.54) is 12.1 Å². The molecule has 0 atom stereocenters. The van der Waals surface area contributed by atoms with Gasteiger partial charge < -0.3 is 9.73 Å². The number of aryl methyl sites for hydroxylation is 1. The molecule has 2 aromatic rings. The molecule has 0 amide bonds. The Morgan fingerprint density at radius 3 is 2.81 bits per heavy atom. The van der Waals surface area contributed by atoms with Crippen LogP contribution in [0, 0.1) is 17.0 Å². The van der Waals surface area contributed by atoms with Crippen LogP contribution < -0.4 is 5.32 Å². The Balaban J connectivity index is 2.12. The first kappa shape index (κ1) is 15.1. The van der Waals surface area contributed by atoms with Crippen LogP contribution in [0.2, 0.25) is 0 Å². The number of nitrogens with zero attached hydrogens (tertiary/aromatic N) is 3. The first-order chi connectivity index (χ1) is 10.1. The van der Waals surface area contributed by atoms with Gasteiger partial charge in [-0.25, -0.2) is 0 Å². The normalized spacial score (nSPS) is 10.8. The maximum Gasteiger partial charge on any atom is 0.270 e. The molecule has 0 radical (unpaired) electrons. The Morgan fingerprint density at radius 1 is 1.29 bits per heavy atom. The molecule has 1 heterocycles. The number of hydrogen-bond acceptors (Lipinski definition) is 6. The topological polar surface area (TPSA) is 94.1 Å². The molecule has 0 saturated carbocycles. The quantitative estimate of drug-likeness (QED) is 0.478. The minimum absolute atomic E-state index is 0.0226. The summed E-state index contributed by atoms with van der Waals surface area (Å²) in [6.07, 6.45) is 1.71. The van der Waals surface area contributed by atoms with Crippen molar-refractivity contribution >= 4 is 5.69 Å². The fourth-order valence-electron chi connectivity index (χ4n) is 1.96. The standard InChI is InChI=1S/C14H18N4O3/c1-3-5-15-6-4-13-16-17-14(21-13)11-7-10(2)8-12(9-11)18(19)20/h7-9,15H,3-6H2,1-2H3. The third-order valence-corrected chi connectivity index (χ3v) is 2.93. The van der Waals surface area contributed by atoms with Crippen molar-refractivity contribution in [3.05, 3.63) is 39.8 Å². The number of rotatable bonds is 7. The third-order valence-electron chi connectivity index (χ3n) is 2.93. The van der Waals surface area contributed by atoms with Gasteiger partial charge in [0.1, 0.15) is 0 Å². The molecule has 0 aliphatic rings. The van der Waals surface area contributed by atoms with E-state index < -0.39 is 4.92 Å². The number of aromatic nitrogens is 2. The van der Waals surface area contributed by atoms with Crippen molar-refractivity contribution in [2.24, 2.45) is 0 Å². The van der Waals surface area contributed by atoms with Gasteiger partial charge in [-0.1, -0.05) is 6.92 Å². The van der Waals surface area contributed by atoms with E-state index in [-0.39, 0.29) is 5.69 Å². The van der Waals surface area contributed by atoms with E-state index in [1.54, 1.807) is 13.0 Å². The van der Waals surface area contributed by atoms with Gasteiger partial charge in [0.2, 0.25) is 11.8 Å². The molecule has 21 heavy (non-hydrogen) atoms. The molecule has 7 nitrogen and oxygen atoms in total. The summed E-state index contributed by atoms with van der Waals surface area (Å²) in [7, 11) is 0. The Labute approximate surface area is 122 Å². The van der Waals surface area contributed by atoms with Gasteiger partial charge in [0.25, 0.3) is 5.69 Å². The number of non-ortho nitro benzene ring substituents is 1. The predicted octanol–water partition coefficient (Wildman–Crippen LogP) is 2.50. The number of nitro benzene ring substituents is 1. The smallest absolute Gasteiger partial charge is 0.270 e. The molecule has 0 fully saturated rings. The van der Waals surface area contributed by atoms with Gasteiger partial charge in [-0.2, -0.15) is 0 Å². The second kappa shape index (κ2) is 6.94. The number of nitrogens with one attached hydrogen (secondary N) is 1. The second-order valence-corrected chi connectivity index (χ2v) is 4.82. The van der Waals surface area contributed by atoms with Crippen LogP contribution in [0.4, 0.5) is 5.69 Å². The molecule has 7 heteroatoms. The van der Waals surface area contributed by atoms with Gasteiger partial charge in [0.05, 0.1) is 4.92 Å². The van der Waals surface area contributed by atoms with Crippen molar-refractivity contribution in [2.75, 3.05) is 13.1 Å². The molecule has 1 aromatic heterocycles. The average Bonchev–Trinajstić information content (AvgIpc) is 2.92. The largest absolute Gasteiger partial charge is 0.421 e. The summed E-state index contributed by atoms with van der Waals surface area (Å²) in [6, 6.07) is 4.74. The Kier molecular flexibility index (Phi) is 4.99. The Hall–Kier alpha value is -2.28. The molecule has 112 valence electrons. The second-order valence-electron chi connectivity index (χ2n) is 4.82. The lowest BCUT2D eigenvalue weighted by molar-refractivity contribution is -0.384. The zero-order chi connectivity index (χ0) is 15.2. The number of nitro groups is 1. The van der Waals surface area contributed by atoms with Gasteiger partial charge in [0, 0.05) is 30.7 Å². The van der Waals surface area contributed by atoms with Crippen LogP contribution in [0.15, 0.2) is 22.6 Å². The van der Waals surface area contributed by atoms with E-state index in [9.17, 15) is 10.1 Å². The van der Waals surface area contributed by atoms with E-state index in [4.69, 9.17) is 4.42 Å². The van der Waals surface area contributed by atoms with Crippen LogP contribution in [0.1, 0.15) is 24.8 Å². The van der Waals surface area contributed by atoms with E-state index in [0.29, 0.717) is 23.8 Å². The van der Waals surface area contributed by atoms with Crippen LogP contribution in [0.3, 0.4) is 0 Å². The highest BCUT2D eigenvalue weighted by atomic mass is 16.6. The zero-order valence-electron chi connectivity index (χ0n) is 12.1. The molecule has 0 spiro atoms. The van der Waals surface area contributed by atoms with Gasteiger partial charge in [-0.15, -0.1) is 10.2 Å². The van der Waals surface area contributed by atoms with Crippen LogP contribution in [0.25, 0.3) is 11.5 Å². The van der Waals surface area contributed by atoms with Gasteiger partial charge >= 0.3 is 0 Å². The summed E-state index contributed by atoms with van der Waals surface area (Å²) in [5.74, 6) is 0.838. The maximum absolute atomic E-state index is 10.9. The molecule has 0 unspecified atom stereocenters. The highest BCUT2D eigenvalue weighted by molar-refractivity contribution is 5.59. The summed E-state index contributed by atoms with van der Waals surface area (Å²) < 4.78 is 5.55. The van der Waals surface area contributed by atoms with E-state index in [2.05, 4.69) is 22.4 Å². The Bertz CT molecular complexity index is 624. The van der Waals surface area contributed by atoms with Crippen molar-refractivity contribution in [1.82, 2.24) is 15.5 Å². The van der Waals surface area contributed by atoms with Gasteiger partial charge in [-0.05, 0) is 31.5 Å². The number of hydrogen-bond donors (Lipinski definition) is 1.